The third kappa shape index (κ3) is 4.42. The molecule has 0 radical (unpaired) electrons. The molecule has 6 aromatic rings. The standard InChI is InChI=1S/C32H30N8O2/c1-42-25-17-20(28-27-30(33)35-18-36-31(27)40(39-28)21-13-15-34-16-14-21)11-12-24(25)38-32(41)29-26(19-7-3-2-4-8-19)22-9-5-6-10-23(22)37-29/h2-12,17-18,21,34,37H,13-16H2,1H3,(H,38,41)(H2,33,35,36). The van der Waals surface area contributed by atoms with Crippen LogP contribution in [0.15, 0.2) is 79.1 Å². The Labute approximate surface area is 241 Å². The largest absolute Gasteiger partial charge is 0.495 e. The number of carbonyl (C=O) groups is 1. The molecule has 0 unspecified atom stereocenters. The topological polar surface area (TPSA) is 136 Å². The van der Waals surface area contributed by atoms with Crippen LogP contribution in [-0.4, -0.2) is 50.8 Å². The smallest absolute Gasteiger partial charge is 0.272 e. The molecular weight excluding hydrogens is 528 g/mol. The van der Waals surface area contributed by atoms with Gasteiger partial charge in [0.15, 0.2) is 5.65 Å². The zero-order valence-corrected chi connectivity index (χ0v) is 23.1. The van der Waals surface area contributed by atoms with Gasteiger partial charge < -0.3 is 26.1 Å². The normalized spacial score (nSPS) is 13.9. The first-order chi connectivity index (χ1) is 20.6. The van der Waals surface area contributed by atoms with Gasteiger partial charge in [-0.05, 0) is 49.7 Å². The van der Waals surface area contributed by atoms with E-state index in [4.69, 9.17) is 15.6 Å². The lowest BCUT2D eigenvalue weighted by atomic mass is 10.0. The summed E-state index contributed by atoms with van der Waals surface area (Å²) in [4.78, 5) is 25.9. The van der Waals surface area contributed by atoms with Crippen molar-refractivity contribution < 1.29 is 9.53 Å². The number of rotatable bonds is 6. The van der Waals surface area contributed by atoms with E-state index in [2.05, 4.69) is 25.6 Å². The molecule has 1 aliphatic rings. The Balaban J connectivity index is 1.26. The van der Waals surface area contributed by atoms with Gasteiger partial charge in [-0.15, -0.1) is 0 Å². The minimum absolute atomic E-state index is 0.215. The molecule has 7 rings (SSSR count). The number of nitrogen functional groups attached to an aromatic ring is 1. The summed E-state index contributed by atoms with van der Waals surface area (Å²) < 4.78 is 7.73. The predicted octanol–water partition coefficient (Wildman–Crippen LogP) is 5.41. The van der Waals surface area contributed by atoms with Crippen LogP contribution in [0.25, 0.3) is 44.3 Å². The quantitative estimate of drug-likeness (QED) is 0.215. The first kappa shape index (κ1) is 25.7. The van der Waals surface area contributed by atoms with Crippen LogP contribution in [0, 0.1) is 0 Å². The molecule has 4 heterocycles. The van der Waals surface area contributed by atoms with Gasteiger partial charge in [-0.25, -0.2) is 14.6 Å². The van der Waals surface area contributed by atoms with Gasteiger partial charge >= 0.3 is 0 Å². The highest BCUT2D eigenvalue weighted by Gasteiger charge is 2.25. The number of nitrogens with zero attached hydrogens (tertiary/aromatic N) is 4. The van der Waals surface area contributed by atoms with E-state index in [1.807, 2.05) is 77.5 Å². The van der Waals surface area contributed by atoms with Crippen molar-refractivity contribution in [2.45, 2.75) is 18.9 Å². The Morgan fingerprint density at radius 2 is 1.79 bits per heavy atom. The number of nitrogens with one attached hydrogen (secondary N) is 3. The number of fused-ring (bicyclic) bond motifs is 2. The van der Waals surface area contributed by atoms with Crippen molar-refractivity contribution in [2.75, 3.05) is 31.2 Å². The first-order valence-electron chi connectivity index (χ1n) is 14.0. The molecule has 1 amide bonds. The number of amides is 1. The molecule has 10 nitrogen and oxygen atoms in total. The van der Waals surface area contributed by atoms with Crippen LogP contribution in [0.5, 0.6) is 5.75 Å². The number of nitrogens with two attached hydrogens (primary N) is 1. The fraction of sp³-hybridized carbons (Fsp3) is 0.188. The second-order valence-electron chi connectivity index (χ2n) is 10.4. The Bertz CT molecular complexity index is 1920. The number of aromatic nitrogens is 5. The van der Waals surface area contributed by atoms with Crippen LogP contribution in [0.1, 0.15) is 29.4 Å². The first-order valence-corrected chi connectivity index (χ1v) is 14.0. The molecule has 3 aromatic carbocycles. The van der Waals surface area contributed by atoms with Crippen molar-refractivity contribution in [1.29, 1.82) is 0 Å². The average molecular weight is 559 g/mol. The Morgan fingerprint density at radius 3 is 2.60 bits per heavy atom. The fourth-order valence-electron chi connectivity index (χ4n) is 5.85. The fourth-order valence-corrected chi connectivity index (χ4v) is 5.85. The summed E-state index contributed by atoms with van der Waals surface area (Å²) in [5.41, 5.74) is 12.3. The van der Waals surface area contributed by atoms with Crippen molar-refractivity contribution in [2.24, 2.45) is 0 Å². The molecule has 0 atom stereocenters. The number of para-hydroxylation sites is 1. The SMILES string of the molecule is COc1cc(-c2nn(C3CCNCC3)c3ncnc(N)c23)ccc1NC(=O)c1[nH]c2ccccc2c1-c1ccccc1. The van der Waals surface area contributed by atoms with Gasteiger partial charge in [0.2, 0.25) is 0 Å². The lowest BCUT2D eigenvalue weighted by Gasteiger charge is -2.23. The highest BCUT2D eigenvalue weighted by molar-refractivity contribution is 6.14. The van der Waals surface area contributed by atoms with Crippen LogP contribution in [-0.2, 0) is 0 Å². The minimum Gasteiger partial charge on any atom is -0.495 e. The predicted molar refractivity (Wildman–Crippen MR) is 165 cm³/mol. The number of benzene rings is 3. The number of anilines is 2. The highest BCUT2D eigenvalue weighted by Crippen LogP contribution is 2.38. The van der Waals surface area contributed by atoms with Gasteiger partial charge in [-0.2, -0.15) is 5.10 Å². The average Bonchev–Trinajstić information content (AvgIpc) is 3.63. The number of aromatic amines is 1. The van der Waals surface area contributed by atoms with E-state index in [1.165, 1.54) is 6.33 Å². The second kappa shape index (κ2) is 10.6. The lowest BCUT2D eigenvalue weighted by Crippen LogP contribution is -2.30. The number of hydrogen-bond acceptors (Lipinski definition) is 7. The van der Waals surface area contributed by atoms with E-state index in [-0.39, 0.29) is 11.9 Å². The summed E-state index contributed by atoms with van der Waals surface area (Å²) in [6, 6.07) is 23.6. The van der Waals surface area contributed by atoms with Gasteiger partial charge in [0.1, 0.15) is 29.3 Å². The monoisotopic (exact) mass is 558 g/mol. The number of methoxy groups -OCH3 is 1. The maximum Gasteiger partial charge on any atom is 0.272 e. The molecule has 210 valence electrons. The summed E-state index contributed by atoms with van der Waals surface area (Å²) in [6.07, 6.45) is 3.38. The second-order valence-corrected chi connectivity index (χ2v) is 10.4. The molecular formula is C32H30N8O2. The molecule has 1 fully saturated rings. The third-order valence-electron chi connectivity index (χ3n) is 7.89. The maximum absolute atomic E-state index is 13.7. The number of H-pyrrole nitrogens is 1. The van der Waals surface area contributed by atoms with Crippen LogP contribution < -0.4 is 21.1 Å². The maximum atomic E-state index is 13.7. The summed E-state index contributed by atoms with van der Waals surface area (Å²) in [5.74, 6) is 0.603. The Morgan fingerprint density at radius 1 is 1.00 bits per heavy atom. The van der Waals surface area contributed by atoms with Crippen LogP contribution >= 0.6 is 0 Å². The van der Waals surface area contributed by atoms with Crippen molar-refractivity contribution >= 4 is 39.3 Å². The minimum atomic E-state index is -0.269. The van der Waals surface area contributed by atoms with E-state index < -0.39 is 0 Å². The van der Waals surface area contributed by atoms with Gasteiger partial charge in [-0.1, -0.05) is 54.6 Å². The van der Waals surface area contributed by atoms with E-state index in [0.29, 0.717) is 39.7 Å². The van der Waals surface area contributed by atoms with E-state index in [0.717, 1.165) is 53.5 Å². The molecule has 10 heteroatoms. The van der Waals surface area contributed by atoms with Gasteiger partial charge in [0, 0.05) is 22.0 Å². The van der Waals surface area contributed by atoms with Crippen molar-refractivity contribution in [3.8, 4) is 28.1 Å². The Kier molecular flexibility index (Phi) is 6.52. The zero-order chi connectivity index (χ0) is 28.6. The number of carbonyl (C=O) groups excluding carboxylic acids is 1. The summed E-state index contributed by atoms with van der Waals surface area (Å²) in [6.45, 7) is 1.85. The molecule has 1 saturated heterocycles. The molecule has 0 bridgehead atoms. The zero-order valence-electron chi connectivity index (χ0n) is 23.1. The van der Waals surface area contributed by atoms with E-state index >= 15 is 0 Å². The van der Waals surface area contributed by atoms with Crippen LogP contribution in [0.3, 0.4) is 0 Å². The van der Waals surface area contributed by atoms with Crippen molar-refractivity contribution in [1.82, 2.24) is 30.0 Å². The summed E-state index contributed by atoms with van der Waals surface area (Å²) in [5, 5.41) is 13.1. The molecule has 3 aromatic heterocycles. The van der Waals surface area contributed by atoms with Gasteiger partial charge in [0.25, 0.3) is 5.91 Å². The van der Waals surface area contributed by atoms with Crippen LogP contribution in [0.4, 0.5) is 11.5 Å². The van der Waals surface area contributed by atoms with E-state index in [1.54, 1.807) is 7.11 Å². The molecule has 42 heavy (non-hydrogen) atoms. The van der Waals surface area contributed by atoms with E-state index in [9.17, 15) is 4.79 Å². The van der Waals surface area contributed by atoms with Crippen molar-refractivity contribution in [3.05, 3.63) is 84.8 Å². The molecule has 0 aliphatic carbocycles. The van der Waals surface area contributed by atoms with Gasteiger partial charge in [-0.3, -0.25) is 4.79 Å². The molecule has 5 N–H and O–H groups in total. The number of piperidine rings is 1. The highest BCUT2D eigenvalue weighted by atomic mass is 16.5. The summed E-state index contributed by atoms with van der Waals surface area (Å²) >= 11 is 0. The molecule has 0 spiro atoms. The van der Waals surface area contributed by atoms with Gasteiger partial charge in [0.05, 0.1) is 24.2 Å². The number of hydrogen-bond donors (Lipinski definition) is 4. The third-order valence-corrected chi connectivity index (χ3v) is 7.89. The van der Waals surface area contributed by atoms with Crippen LogP contribution in [0.2, 0.25) is 0 Å². The number of ether oxygens (including phenoxy) is 1. The lowest BCUT2D eigenvalue weighted by molar-refractivity contribution is 0.102. The molecule has 1 aliphatic heterocycles. The van der Waals surface area contributed by atoms with Crippen molar-refractivity contribution in [3.63, 3.8) is 0 Å². The summed E-state index contributed by atoms with van der Waals surface area (Å²) in [7, 11) is 1.58. The molecule has 0 saturated carbocycles. The Hall–Kier alpha value is -5.22.